The van der Waals surface area contributed by atoms with E-state index in [2.05, 4.69) is 31.8 Å². The van der Waals surface area contributed by atoms with Crippen LogP contribution in [0.2, 0.25) is 19.6 Å². The average Bonchev–Trinajstić information content (AvgIpc) is 2.67. The molecular formula is C23H29NO2SSi. The summed E-state index contributed by atoms with van der Waals surface area (Å²) >= 11 is 0. The average molecular weight is 412 g/mol. The molecule has 3 aromatic carbocycles. The molecule has 0 aliphatic rings. The lowest BCUT2D eigenvalue weighted by Crippen LogP contribution is -2.44. The van der Waals surface area contributed by atoms with Crippen molar-refractivity contribution in [3.05, 3.63) is 72.3 Å². The van der Waals surface area contributed by atoms with Gasteiger partial charge in [-0.1, -0.05) is 87.2 Å². The van der Waals surface area contributed by atoms with Crippen molar-refractivity contribution in [2.45, 2.75) is 44.4 Å². The Labute approximate surface area is 170 Å². The highest BCUT2D eigenvalue weighted by Crippen LogP contribution is 2.29. The maximum Gasteiger partial charge on any atom is 0.243 e. The van der Waals surface area contributed by atoms with Crippen molar-refractivity contribution in [1.82, 2.24) is 4.31 Å². The van der Waals surface area contributed by atoms with E-state index in [1.165, 1.54) is 0 Å². The fourth-order valence-electron chi connectivity index (χ4n) is 3.70. The molecule has 3 rings (SSSR count). The Kier molecular flexibility index (Phi) is 5.80. The highest BCUT2D eigenvalue weighted by Gasteiger charge is 2.34. The molecule has 3 aromatic rings. The Balaban J connectivity index is 2.20. The van der Waals surface area contributed by atoms with Gasteiger partial charge in [-0.15, -0.1) is 0 Å². The molecule has 5 heteroatoms. The zero-order valence-corrected chi connectivity index (χ0v) is 19.1. The fraction of sp³-hybridized carbons (Fsp3) is 0.304. The van der Waals surface area contributed by atoms with Gasteiger partial charge in [0, 0.05) is 12.6 Å². The standard InChI is InChI=1S/C23H29NO2SSi/c1-6-24(18(2)19-12-8-7-9-13-19)27(25,26)22-16-20-14-10-11-15-21(20)17-23(22)28(3,4)5/h7-18H,6H2,1-5H3/t18-/m0/s1. The van der Waals surface area contributed by atoms with Gasteiger partial charge in [-0.2, -0.15) is 4.31 Å². The SMILES string of the molecule is CCN([C@@H](C)c1ccccc1)S(=O)(=O)c1cc2ccccc2cc1[Si](C)(C)C. The second kappa shape index (κ2) is 7.82. The van der Waals surface area contributed by atoms with E-state index in [4.69, 9.17) is 0 Å². The Hall–Kier alpha value is -1.95. The summed E-state index contributed by atoms with van der Waals surface area (Å²) < 4.78 is 29.3. The molecule has 0 saturated heterocycles. The summed E-state index contributed by atoms with van der Waals surface area (Å²) in [5, 5.41) is 3.05. The van der Waals surface area contributed by atoms with Gasteiger partial charge < -0.3 is 0 Å². The zero-order chi connectivity index (χ0) is 20.5. The first-order chi connectivity index (χ1) is 13.2. The molecule has 0 aliphatic heterocycles. The van der Waals surface area contributed by atoms with Crippen LogP contribution in [-0.2, 0) is 10.0 Å². The van der Waals surface area contributed by atoms with Gasteiger partial charge in [0.05, 0.1) is 13.0 Å². The predicted molar refractivity (Wildman–Crippen MR) is 121 cm³/mol. The third-order valence-electron chi connectivity index (χ3n) is 5.27. The largest absolute Gasteiger partial charge is 0.243 e. The first-order valence-corrected chi connectivity index (χ1v) is 14.7. The smallest absolute Gasteiger partial charge is 0.207 e. The summed E-state index contributed by atoms with van der Waals surface area (Å²) in [5.41, 5.74) is 1.00. The lowest BCUT2D eigenvalue weighted by atomic mass is 10.1. The molecule has 0 saturated carbocycles. The number of hydrogen-bond acceptors (Lipinski definition) is 2. The minimum Gasteiger partial charge on any atom is -0.207 e. The maximum atomic E-state index is 13.8. The molecule has 0 radical (unpaired) electrons. The highest BCUT2D eigenvalue weighted by atomic mass is 32.2. The number of rotatable bonds is 6. The maximum absolute atomic E-state index is 13.8. The number of fused-ring (bicyclic) bond motifs is 1. The van der Waals surface area contributed by atoms with Crippen LogP contribution in [0.1, 0.15) is 25.5 Å². The molecule has 148 valence electrons. The second-order valence-corrected chi connectivity index (χ2v) is 15.1. The topological polar surface area (TPSA) is 37.4 Å². The quantitative estimate of drug-likeness (QED) is 0.526. The Bertz CT molecular complexity index is 1070. The normalized spacial score (nSPS) is 13.8. The molecule has 0 amide bonds. The minimum atomic E-state index is -3.64. The van der Waals surface area contributed by atoms with Crippen molar-refractivity contribution in [2.75, 3.05) is 6.54 Å². The van der Waals surface area contributed by atoms with Gasteiger partial charge in [0.15, 0.2) is 0 Å². The number of nitrogens with zero attached hydrogens (tertiary/aromatic N) is 1. The van der Waals surface area contributed by atoms with Crippen LogP contribution >= 0.6 is 0 Å². The minimum absolute atomic E-state index is 0.225. The molecular weight excluding hydrogens is 382 g/mol. The first-order valence-electron chi connectivity index (χ1n) is 9.76. The summed E-state index contributed by atoms with van der Waals surface area (Å²) in [6.07, 6.45) is 0. The summed E-state index contributed by atoms with van der Waals surface area (Å²) in [4.78, 5) is 0.468. The van der Waals surface area contributed by atoms with Gasteiger partial charge in [-0.3, -0.25) is 0 Å². The number of sulfonamides is 1. The molecule has 0 spiro atoms. The molecule has 0 aromatic heterocycles. The fourth-order valence-corrected chi connectivity index (χ4v) is 8.14. The molecule has 28 heavy (non-hydrogen) atoms. The van der Waals surface area contributed by atoms with E-state index in [0.717, 1.165) is 21.5 Å². The highest BCUT2D eigenvalue weighted by molar-refractivity contribution is 7.89. The molecule has 0 N–H and O–H groups in total. The zero-order valence-electron chi connectivity index (χ0n) is 17.3. The van der Waals surface area contributed by atoms with E-state index >= 15 is 0 Å². The molecule has 0 unspecified atom stereocenters. The predicted octanol–water partition coefficient (Wildman–Crippen LogP) is 5.16. The Morgan fingerprint density at radius 2 is 1.43 bits per heavy atom. The Morgan fingerprint density at radius 1 is 0.893 bits per heavy atom. The van der Waals surface area contributed by atoms with Gasteiger partial charge in [0.1, 0.15) is 0 Å². The van der Waals surface area contributed by atoms with Gasteiger partial charge in [0.25, 0.3) is 0 Å². The molecule has 3 nitrogen and oxygen atoms in total. The van der Waals surface area contributed by atoms with Crippen molar-refractivity contribution < 1.29 is 8.42 Å². The van der Waals surface area contributed by atoms with Crippen LogP contribution in [0.4, 0.5) is 0 Å². The van der Waals surface area contributed by atoms with Gasteiger partial charge in [0.2, 0.25) is 10.0 Å². The van der Waals surface area contributed by atoms with E-state index < -0.39 is 18.1 Å². The summed E-state index contributed by atoms with van der Waals surface area (Å²) in [6, 6.07) is 21.6. The van der Waals surface area contributed by atoms with Crippen molar-refractivity contribution >= 4 is 34.1 Å². The van der Waals surface area contributed by atoms with Crippen LogP contribution in [-0.4, -0.2) is 27.3 Å². The van der Waals surface area contributed by atoms with Gasteiger partial charge >= 0.3 is 0 Å². The van der Waals surface area contributed by atoms with Crippen molar-refractivity contribution in [2.24, 2.45) is 0 Å². The lowest BCUT2D eigenvalue weighted by molar-refractivity contribution is 0.357. The van der Waals surface area contributed by atoms with Crippen LogP contribution in [0.25, 0.3) is 10.8 Å². The van der Waals surface area contributed by atoms with E-state index in [0.29, 0.717) is 11.4 Å². The van der Waals surface area contributed by atoms with E-state index in [1.807, 2.05) is 68.4 Å². The third kappa shape index (κ3) is 3.92. The summed E-state index contributed by atoms with van der Waals surface area (Å²) in [6.45, 7) is 10.9. The molecule has 0 heterocycles. The van der Waals surface area contributed by atoms with Crippen molar-refractivity contribution in [1.29, 1.82) is 0 Å². The summed E-state index contributed by atoms with van der Waals surface area (Å²) in [5.74, 6) is 0. The van der Waals surface area contributed by atoms with Crippen LogP contribution in [0.3, 0.4) is 0 Å². The van der Waals surface area contributed by atoms with Crippen LogP contribution in [0.5, 0.6) is 0 Å². The molecule has 0 fully saturated rings. The van der Waals surface area contributed by atoms with Gasteiger partial charge in [-0.05, 0) is 34.5 Å². The Morgan fingerprint density at radius 3 is 1.96 bits per heavy atom. The van der Waals surface area contributed by atoms with Crippen LogP contribution < -0.4 is 5.19 Å². The van der Waals surface area contributed by atoms with Crippen LogP contribution in [0, 0.1) is 0 Å². The second-order valence-electron chi connectivity index (χ2n) is 8.24. The van der Waals surface area contributed by atoms with E-state index in [9.17, 15) is 8.42 Å². The van der Waals surface area contributed by atoms with E-state index in [1.54, 1.807) is 4.31 Å². The van der Waals surface area contributed by atoms with Crippen molar-refractivity contribution in [3.63, 3.8) is 0 Å². The van der Waals surface area contributed by atoms with E-state index in [-0.39, 0.29) is 6.04 Å². The van der Waals surface area contributed by atoms with Crippen molar-refractivity contribution in [3.8, 4) is 0 Å². The van der Waals surface area contributed by atoms with Gasteiger partial charge in [-0.25, -0.2) is 8.42 Å². The molecule has 0 aliphatic carbocycles. The van der Waals surface area contributed by atoms with Crippen LogP contribution in [0.15, 0.2) is 71.6 Å². The monoisotopic (exact) mass is 411 g/mol. The third-order valence-corrected chi connectivity index (χ3v) is 9.56. The summed E-state index contributed by atoms with van der Waals surface area (Å²) in [7, 11) is -5.52. The number of hydrogen-bond donors (Lipinski definition) is 0. The lowest BCUT2D eigenvalue weighted by Gasteiger charge is -2.30. The molecule has 0 bridgehead atoms. The molecule has 1 atom stereocenters. The number of benzene rings is 3. The first kappa shape index (κ1) is 20.8.